The van der Waals surface area contributed by atoms with Crippen molar-refractivity contribution in [2.45, 2.75) is 19.4 Å². The Kier molecular flexibility index (Phi) is 3.97. The molecule has 4 heteroatoms. The van der Waals surface area contributed by atoms with Crippen LogP contribution in [0.1, 0.15) is 30.6 Å². The number of hydrogen-bond donors (Lipinski definition) is 1. The predicted molar refractivity (Wildman–Crippen MR) is 85.1 cm³/mol. The van der Waals surface area contributed by atoms with E-state index in [2.05, 4.69) is 51.0 Å². The van der Waals surface area contributed by atoms with Gasteiger partial charge in [0.15, 0.2) is 0 Å². The Morgan fingerprint density at radius 1 is 1.19 bits per heavy atom. The van der Waals surface area contributed by atoms with Crippen molar-refractivity contribution < 1.29 is 0 Å². The summed E-state index contributed by atoms with van der Waals surface area (Å²) in [5.41, 5.74) is 2.44. The van der Waals surface area contributed by atoms with Gasteiger partial charge in [0.1, 0.15) is 0 Å². The van der Waals surface area contributed by atoms with E-state index in [9.17, 15) is 0 Å². The van der Waals surface area contributed by atoms with Crippen molar-refractivity contribution in [1.29, 1.82) is 0 Å². The Morgan fingerprint density at radius 3 is 2.86 bits per heavy atom. The van der Waals surface area contributed by atoms with Gasteiger partial charge in [0.25, 0.3) is 0 Å². The maximum atomic E-state index is 4.27. The maximum Gasteiger partial charge on any atom is 0.0946 e. The minimum Gasteiger partial charge on any atom is -0.336 e. The van der Waals surface area contributed by atoms with Gasteiger partial charge in [-0.25, -0.2) is 4.98 Å². The highest BCUT2D eigenvalue weighted by atomic mass is 15.1. The molecule has 2 aromatic heterocycles. The first-order chi connectivity index (χ1) is 10.3. The summed E-state index contributed by atoms with van der Waals surface area (Å²) < 4.78 is 2.08. The topological polar surface area (TPSA) is 42.7 Å². The lowest BCUT2D eigenvalue weighted by Crippen LogP contribution is -2.25. The molecule has 1 atom stereocenters. The van der Waals surface area contributed by atoms with Crippen molar-refractivity contribution in [3.05, 3.63) is 60.4 Å². The SMILES string of the molecule is CCCNC(c1cccc2cnccc12)c1cncn1C. The molecule has 0 saturated heterocycles. The predicted octanol–water partition coefficient (Wildman–Crippen LogP) is 3.06. The largest absolute Gasteiger partial charge is 0.336 e. The second-order valence-corrected chi connectivity index (χ2v) is 5.26. The smallest absolute Gasteiger partial charge is 0.0946 e. The van der Waals surface area contributed by atoms with E-state index in [4.69, 9.17) is 0 Å². The quantitative estimate of drug-likeness (QED) is 0.781. The molecule has 0 spiro atoms. The molecule has 1 N–H and O–H groups in total. The van der Waals surface area contributed by atoms with Gasteiger partial charge in [0.05, 0.1) is 24.3 Å². The fraction of sp³-hybridized carbons (Fsp3) is 0.294. The van der Waals surface area contributed by atoms with Gasteiger partial charge in [0.2, 0.25) is 0 Å². The summed E-state index contributed by atoms with van der Waals surface area (Å²) in [5.74, 6) is 0. The standard InChI is InChI=1S/C17H20N4/c1-3-8-20-17(16-11-19-12-21(16)2)15-6-4-5-13-10-18-9-7-14(13)15/h4-7,9-12,17,20H,3,8H2,1-2H3. The van der Waals surface area contributed by atoms with Gasteiger partial charge >= 0.3 is 0 Å². The molecule has 4 nitrogen and oxygen atoms in total. The van der Waals surface area contributed by atoms with Gasteiger partial charge in [-0.2, -0.15) is 0 Å². The molecule has 0 aliphatic heterocycles. The molecule has 0 radical (unpaired) electrons. The average Bonchev–Trinajstić information content (AvgIpc) is 2.94. The van der Waals surface area contributed by atoms with Gasteiger partial charge in [0, 0.05) is 24.8 Å². The molecule has 0 fully saturated rings. The molecule has 0 amide bonds. The Bertz CT molecular complexity index is 727. The molecule has 0 bridgehead atoms. The summed E-state index contributed by atoms with van der Waals surface area (Å²) in [7, 11) is 2.04. The van der Waals surface area contributed by atoms with Crippen LogP contribution in [0.25, 0.3) is 10.8 Å². The van der Waals surface area contributed by atoms with Crippen LogP contribution < -0.4 is 5.32 Å². The summed E-state index contributed by atoms with van der Waals surface area (Å²) in [6.07, 6.45) is 8.65. The van der Waals surface area contributed by atoms with Gasteiger partial charge in [-0.1, -0.05) is 25.1 Å². The van der Waals surface area contributed by atoms with Crippen LogP contribution >= 0.6 is 0 Å². The zero-order chi connectivity index (χ0) is 14.7. The van der Waals surface area contributed by atoms with E-state index in [1.54, 1.807) is 0 Å². The summed E-state index contributed by atoms with van der Waals surface area (Å²) >= 11 is 0. The van der Waals surface area contributed by atoms with Gasteiger partial charge in [-0.05, 0) is 30.0 Å². The van der Waals surface area contributed by atoms with Crippen molar-refractivity contribution in [1.82, 2.24) is 19.9 Å². The molecular weight excluding hydrogens is 260 g/mol. The van der Waals surface area contributed by atoms with E-state index in [1.165, 1.54) is 22.0 Å². The maximum absolute atomic E-state index is 4.27. The molecule has 108 valence electrons. The minimum atomic E-state index is 0.142. The minimum absolute atomic E-state index is 0.142. The number of aromatic nitrogens is 3. The first kappa shape index (κ1) is 13.8. The summed E-state index contributed by atoms with van der Waals surface area (Å²) in [6.45, 7) is 3.15. The van der Waals surface area contributed by atoms with E-state index in [0.717, 1.165) is 13.0 Å². The molecule has 0 aliphatic carbocycles. The highest BCUT2D eigenvalue weighted by Crippen LogP contribution is 2.28. The first-order valence-corrected chi connectivity index (χ1v) is 7.33. The van der Waals surface area contributed by atoms with Crippen molar-refractivity contribution in [2.75, 3.05) is 6.54 Å². The summed E-state index contributed by atoms with van der Waals surface area (Å²) in [6, 6.07) is 8.61. The Balaban J connectivity index is 2.12. The second-order valence-electron chi connectivity index (χ2n) is 5.26. The van der Waals surface area contributed by atoms with E-state index < -0.39 is 0 Å². The zero-order valence-electron chi connectivity index (χ0n) is 12.5. The monoisotopic (exact) mass is 280 g/mol. The van der Waals surface area contributed by atoms with Crippen LogP contribution in [0.5, 0.6) is 0 Å². The lowest BCUT2D eigenvalue weighted by atomic mass is 9.98. The molecule has 21 heavy (non-hydrogen) atoms. The fourth-order valence-corrected chi connectivity index (χ4v) is 2.71. The molecule has 2 heterocycles. The lowest BCUT2D eigenvalue weighted by Gasteiger charge is -2.21. The number of aryl methyl sites for hydroxylation is 1. The van der Waals surface area contributed by atoms with Crippen LogP contribution in [0.4, 0.5) is 0 Å². The number of hydrogen-bond acceptors (Lipinski definition) is 3. The number of nitrogens with one attached hydrogen (secondary N) is 1. The number of imidazole rings is 1. The van der Waals surface area contributed by atoms with Crippen LogP contribution in [-0.4, -0.2) is 21.1 Å². The third-order valence-electron chi connectivity index (χ3n) is 3.77. The second kappa shape index (κ2) is 6.06. The average molecular weight is 280 g/mol. The van der Waals surface area contributed by atoms with Gasteiger partial charge < -0.3 is 9.88 Å². The van der Waals surface area contributed by atoms with Crippen LogP contribution in [0, 0.1) is 0 Å². The molecule has 3 rings (SSSR count). The normalized spacial score (nSPS) is 12.7. The third kappa shape index (κ3) is 2.67. The molecule has 0 saturated carbocycles. The number of rotatable bonds is 5. The van der Waals surface area contributed by atoms with Crippen LogP contribution in [-0.2, 0) is 7.05 Å². The Labute approximate surface area is 124 Å². The lowest BCUT2D eigenvalue weighted by molar-refractivity contribution is 0.572. The molecule has 1 unspecified atom stereocenters. The highest BCUT2D eigenvalue weighted by molar-refractivity contribution is 5.85. The number of benzene rings is 1. The van der Waals surface area contributed by atoms with Crippen molar-refractivity contribution in [3.63, 3.8) is 0 Å². The van der Waals surface area contributed by atoms with E-state index in [1.807, 2.05) is 32.0 Å². The fourth-order valence-electron chi connectivity index (χ4n) is 2.71. The molecule has 3 aromatic rings. The highest BCUT2D eigenvalue weighted by Gasteiger charge is 2.18. The Morgan fingerprint density at radius 2 is 2.10 bits per heavy atom. The molecular formula is C17H20N4. The number of nitrogens with zero attached hydrogens (tertiary/aromatic N) is 3. The first-order valence-electron chi connectivity index (χ1n) is 7.33. The molecule has 0 aliphatic rings. The van der Waals surface area contributed by atoms with Crippen LogP contribution in [0.2, 0.25) is 0 Å². The number of pyridine rings is 1. The van der Waals surface area contributed by atoms with Gasteiger partial charge in [-0.15, -0.1) is 0 Å². The van der Waals surface area contributed by atoms with Crippen molar-refractivity contribution in [2.24, 2.45) is 7.05 Å². The van der Waals surface area contributed by atoms with Gasteiger partial charge in [-0.3, -0.25) is 4.98 Å². The van der Waals surface area contributed by atoms with E-state index >= 15 is 0 Å². The molecule has 1 aromatic carbocycles. The zero-order valence-corrected chi connectivity index (χ0v) is 12.5. The van der Waals surface area contributed by atoms with Crippen LogP contribution in [0.3, 0.4) is 0 Å². The van der Waals surface area contributed by atoms with Crippen molar-refractivity contribution >= 4 is 10.8 Å². The number of fused-ring (bicyclic) bond motifs is 1. The summed E-state index contributed by atoms with van der Waals surface area (Å²) in [4.78, 5) is 8.48. The van der Waals surface area contributed by atoms with E-state index in [-0.39, 0.29) is 6.04 Å². The van der Waals surface area contributed by atoms with Crippen LogP contribution in [0.15, 0.2) is 49.2 Å². The Hall–Kier alpha value is -2.20. The summed E-state index contributed by atoms with van der Waals surface area (Å²) in [5, 5.41) is 6.05. The van der Waals surface area contributed by atoms with Crippen molar-refractivity contribution in [3.8, 4) is 0 Å². The van der Waals surface area contributed by atoms with E-state index in [0.29, 0.717) is 0 Å². The third-order valence-corrected chi connectivity index (χ3v) is 3.77.